The lowest BCUT2D eigenvalue weighted by Gasteiger charge is -2.15. The van der Waals surface area contributed by atoms with Gasteiger partial charge in [0.25, 0.3) is 0 Å². The maximum atomic E-state index is 9.70. The fourth-order valence-electron chi connectivity index (χ4n) is 3.29. The Kier molecular flexibility index (Phi) is 4.85. The zero-order valence-electron chi connectivity index (χ0n) is 15.7. The maximum Gasteiger partial charge on any atom is 0.115 e. The van der Waals surface area contributed by atoms with E-state index in [9.17, 15) is 10.2 Å². The Morgan fingerprint density at radius 3 is 1.08 bits per heavy atom. The molecule has 0 spiro atoms. The highest BCUT2D eigenvalue weighted by Crippen LogP contribution is 2.29. The second-order valence-electron chi connectivity index (χ2n) is 7.00. The first-order valence-electron chi connectivity index (χ1n) is 8.75. The lowest BCUT2D eigenvalue weighted by molar-refractivity contribution is 0.475. The molecule has 0 atom stereocenters. The van der Waals surface area contributed by atoms with Crippen LogP contribution in [0.25, 0.3) is 33.4 Å². The van der Waals surface area contributed by atoms with Crippen LogP contribution in [0.3, 0.4) is 0 Å². The average Bonchev–Trinajstić information content (AvgIpc) is 2.61. The molecular formula is C24H24O2. The van der Waals surface area contributed by atoms with Crippen molar-refractivity contribution in [1.82, 2.24) is 0 Å². The number of phenols is 2. The van der Waals surface area contributed by atoms with Gasteiger partial charge in [-0.1, -0.05) is 47.5 Å². The minimum atomic E-state index is 0.257. The lowest BCUT2D eigenvalue weighted by atomic mass is 9.89. The Morgan fingerprint density at radius 1 is 0.500 bits per heavy atom. The molecular weight excluding hydrogens is 320 g/mol. The molecule has 0 aliphatic rings. The summed E-state index contributed by atoms with van der Waals surface area (Å²) in [7, 11) is 0. The summed E-state index contributed by atoms with van der Waals surface area (Å²) in [5, 5.41) is 21.8. The van der Waals surface area contributed by atoms with Gasteiger partial charge in [-0.2, -0.15) is 0 Å². The Morgan fingerprint density at radius 2 is 0.808 bits per heavy atom. The first kappa shape index (κ1) is 17.8. The standard InChI is InChI=1S/C24H24O2/c1-15(2)21-13-14-22(16(3)4)24(18-7-11-20(26)12-8-18)23(21)17-5-9-19(25)10-6-17/h5-14,25-26H,1-4H3. The summed E-state index contributed by atoms with van der Waals surface area (Å²) in [6, 6.07) is 19.0. The molecule has 3 rings (SSSR count). The molecule has 2 N–H and O–H groups in total. The fraction of sp³-hybridized carbons (Fsp3) is 0.167. The number of phenolic OH excluding ortho intramolecular Hbond substituents is 2. The molecule has 2 heteroatoms. The molecule has 0 aliphatic heterocycles. The first-order valence-corrected chi connectivity index (χ1v) is 8.75. The molecule has 0 saturated carbocycles. The molecule has 3 aromatic rings. The summed E-state index contributed by atoms with van der Waals surface area (Å²) in [5.74, 6) is 0.515. The van der Waals surface area contributed by atoms with Gasteiger partial charge in [-0.25, -0.2) is 0 Å². The van der Waals surface area contributed by atoms with E-state index in [1.54, 1.807) is 24.3 Å². The van der Waals surface area contributed by atoms with Crippen molar-refractivity contribution in [3.8, 4) is 33.8 Å². The van der Waals surface area contributed by atoms with Crippen LogP contribution in [0.4, 0.5) is 0 Å². The molecule has 132 valence electrons. The number of rotatable bonds is 2. The third-order valence-corrected chi connectivity index (χ3v) is 4.59. The SMILES string of the molecule is CC(C)=c1ccc(=C(C)C)c(-c2ccc(O)cc2)c1-c1ccc(O)cc1. The molecule has 0 bridgehead atoms. The molecule has 0 amide bonds. The largest absolute Gasteiger partial charge is 0.508 e. The van der Waals surface area contributed by atoms with Crippen molar-refractivity contribution in [3.63, 3.8) is 0 Å². The summed E-state index contributed by atoms with van der Waals surface area (Å²) >= 11 is 0. The van der Waals surface area contributed by atoms with Crippen molar-refractivity contribution in [2.45, 2.75) is 27.7 Å². The molecule has 26 heavy (non-hydrogen) atoms. The van der Waals surface area contributed by atoms with Crippen LogP contribution in [0, 0.1) is 0 Å². The third kappa shape index (κ3) is 3.36. The zero-order valence-corrected chi connectivity index (χ0v) is 15.7. The number of aromatic hydroxyl groups is 2. The second-order valence-corrected chi connectivity index (χ2v) is 7.00. The summed E-state index contributed by atoms with van der Waals surface area (Å²) < 4.78 is 0. The number of benzene rings is 3. The second kappa shape index (κ2) is 7.09. The van der Waals surface area contributed by atoms with Crippen LogP contribution in [-0.4, -0.2) is 10.2 Å². The fourth-order valence-corrected chi connectivity index (χ4v) is 3.29. The van der Waals surface area contributed by atoms with Gasteiger partial charge in [0.05, 0.1) is 0 Å². The minimum absolute atomic E-state index is 0.257. The van der Waals surface area contributed by atoms with Crippen LogP contribution in [-0.2, 0) is 0 Å². The monoisotopic (exact) mass is 344 g/mol. The van der Waals surface area contributed by atoms with Crippen LogP contribution in [0.2, 0.25) is 0 Å². The van der Waals surface area contributed by atoms with Gasteiger partial charge in [-0.05, 0) is 84.7 Å². The molecule has 0 aromatic heterocycles. The van der Waals surface area contributed by atoms with E-state index in [0.717, 1.165) is 22.3 Å². The van der Waals surface area contributed by atoms with Crippen LogP contribution < -0.4 is 10.4 Å². The summed E-state index contributed by atoms with van der Waals surface area (Å²) in [5.41, 5.74) is 6.88. The van der Waals surface area contributed by atoms with E-state index in [4.69, 9.17) is 0 Å². The van der Waals surface area contributed by atoms with Gasteiger partial charge in [0.15, 0.2) is 0 Å². The van der Waals surface area contributed by atoms with E-state index in [1.165, 1.54) is 21.6 Å². The van der Waals surface area contributed by atoms with Crippen molar-refractivity contribution >= 4 is 11.1 Å². The molecule has 0 saturated heterocycles. The highest BCUT2D eigenvalue weighted by atomic mass is 16.3. The van der Waals surface area contributed by atoms with Crippen LogP contribution in [0.5, 0.6) is 11.5 Å². The Labute approximate surface area is 154 Å². The van der Waals surface area contributed by atoms with E-state index < -0.39 is 0 Å². The Hall–Kier alpha value is -3.00. The predicted molar refractivity (Wildman–Crippen MR) is 109 cm³/mol. The zero-order chi connectivity index (χ0) is 18.8. The van der Waals surface area contributed by atoms with Crippen LogP contribution in [0.1, 0.15) is 27.7 Å². The summed E-state index contributed by atoms with van der Waals surface area (Å²) in [4.78, 5) is 0. The van der Waals surface area contributed by atoms with E-state index >= 15 is 0 Å². The van der Waals surface area contributed by atoms with Gasteiger partial charge < -0.3 is 10.2 Å². The predicted octanol–water partition coefficient (Wildman–Crippen LogP) is 4.81. The Bertz CT molecular complexity index is 960. The molecule has 0 radical (unpaired) electrons. The van der Waals surface area contributed by atoms with Crippen LogP contribution >= 0.6 is 0 Å². The van der Waals surface area contributed by atoms with Crippen molar-refractivity contribution in [2.75, 3.05) is 0 Å². The molecule has 2 nitrogen and oxygen atoms in total. The van der Waals surface area contributed by atoms with Gasteiger partial charge in [-0.15, -0.1) is 0 Å². The van der Waals surface area contributed by atoms with E-state index in [1.807, 2.05) is 24.3 Å². The third-order valence-electron chi connectivity index (χ3n) is 4.59. The van der Waals surface area contributed by atoms with Crippen LogP contribution in [0.15, 0.2) is 60.7 Å². The highest BCUT2D eigenvalue weighted by Gasteiger charge is 2.13. The smallest absolute Gasteiger partial charge is 0.115 e. The number of hydrogen-bond donors (Lipinski definition) is 2. The normalized spacial score (nSPS) is 10.6. The molecule has 0 heterocycles. The quantitative estimate of drug-likeness (QED) is 0.700. The highest BCUT2D eigenvalue weighted by molar-refractivity contribution is 5.86. The van der Waals surface area contributed by atoms with Crippen molar-refractivity contribution < 1.29 is 10.2 Å². The van der Waals surface area contributed by atoms with E-state index in [0.29, 0.717) is 0 Å². The Balaban J connectivity index is 2.53. The molecule has 0 aliphatic carbocycles. The lowest BCUT2D eigenvalue weighted by Crippen LogP contribution is -2.19. The van der Waals surface area contributed by atoms with Gasteiger partial charge in [0.2, 0.25) is 0 Å². The topological polar surface area (TPSA) is 40.5 Å². The van der Waals surface area contributed by atoms with Gasteiger partial charge in [0, 0.05) is 0 Å². The van der Waals surface area contributed by atoms with E-state index in [2.05, 4.69) is 39.8 Å². The van der Waals surface area contributed by atoms with Crippen molar-refractivity contribution in [3.05, 3.63) is 71.1 Å². The van der Waals surface area contributed by atoms with Crippen molar-refractivity contribution in [2.24, 2.45) is 0 Å². The van der Waals surface area contributed by atoms with Gasteiger partial charge >= 0.3 is 0 Å². The molecule has 0 fully saturated rings. The molecule has 3 aromatic carbocycles. The van der Waals surface area contributed by atoms with Gasteiger partial charge in [0.1, 0.15) is 11.5 Å². The molecule has 0 unspecified atom stereocenters. The number of hydrogen-bond acceptors (Lipinski definition) is 2. The van der Waals surface area contributed by atoms with Crippen molar-refractivity contribution in [1.29, 1.82) is 0 Å². The summed E-state index contributed by atoms with van der Waals surface area (Å²) in [6.07, 6.45) is 0. The minimum Gasteiger partial charge on any atom is -0.508 e. The maximum absolute atomic E-state index is 9.70. The average molecular weight is 344 g/mol. The van der Waals surface area contributed by atoms with E-state index in [-0.39, 0.29) is 11.5 Å². The van der Waals surface area contributed by atoms with Gasteiger partial charge in [-0.3, -0.25) is 0 Å². The first-order chi connectivity index (χ1) is 12.4. The summed E-state index contributed by atoms with van der Waals surface area (Å²) in [6.45, 7) is 8.45.